The van der Waals surface area contributed by atoms with Gasteiger partial charge in [0.1, 0.15) is 6.10 Å². The molecule has 146 valence electrons. The monoisotopic (exact) mass is 356 g/mol. The molecule has 0 heterocycles. The Kier molecular flexibility index (Phi) is 16.5. The maximum Gasteiger partial charge on any atom is 0.331 e. The van der Waals surface area contributed by atoms with Crippen LogP contribution in [0.4, 0.5) is 0 Å². The molecule has 0 spiro atoms. The summed E-state index contributed by atoms with van der Waals surface area (Å²) in [6, 6.07) is 0. The number of carbonyl (C=O) groups excluding carboxylic acids is 2. The smallest absolute Gasteiger partial charge is 0.331 e. The number of hydrogen-bond donors (Lipinski definition) is 0. The highest BCUT2D eigenvalue weighted by Crippen LogP contribution is 2.13. The first-order valence-electron chi connectivity index (χ1n) is 9.68. The third kappa shape index (κ3) is 15.9. The lowest BCUT2D eigenvalue weighted by molar-refractivity contribution is -0.145. The number of carbonyl (C=O) groups is 2. The van der Waals surface area contributed by atoms with E-state index in [-0.39, 0.29) is 6.10 Å². The van der Waals surface area contributed by atoms with E-state index in [1.165, 1.54) is 12.8 Å². The molecule has 0 radical (unpaired) electrons. The highest BCUT2D eigenvalue weighted by Gasteiger charge is 2.13. The van der Waals surface area contributed by atoms with E-state index in [2.05, 4.69) is 13.8 Å². The maximum atomic E-state index is 11.9. The van der Waals surface area contributed by atoms with E-state index in [1.54, 1.807) is 7.11 Å². The van der Waals surface area contributed by atoms with Crippen LogP contribution in [0.1, 0.15) is 78.1 Å². The van der Waals surface area contributed by atoms with Gasteiger partial charge in [-0.3, -0.25) is 0 Å². The molecule has 0 amide bonds. The molecule has 0 aromatic heterocycles. The topological polar surface area (TPSA) is 61.8 Å². The van der Waals surface area contributed by atoms with Crippen molar-refractivity contribution in [3.05, 3.63) is 12.2 Å². The molecule has 0 saturated heterocycles. The minimum Gasteiger partial charge on any atom is -0.463 e. The minimum atomic E-state index is -0.494. The van der Waals surface area contributed by atoms with Crippen LogP contribution >= 0.6 is 0 Å². The summed E-state index contributed by atoms with van der Waals surface area (Å²) in [7, 11) is 1.66. The molecule has 25 heavy (non-hydrogen) atoms. The second kappa shape index (κ2) is 17.5. The van der Waals surface area contributed by atoms with Gasteiger partial charge in [0.2, 0.25) is 0 Å². The summed E-state index contributed by atoms with van der Waals surface area (Å²) in [5.74, 6) is -0.977. The van der Waals surface area contributed by atoms with Gasteiger partial charge >= 0.3 is 11.9 Å². The third-order valence-electron chi connectivity index (χ3n) is 3.88. The van der Waals surface area contributed by atoms with Gasteiger partial charge in [-0.25, -0.2) is 9.59 Å². The van der Waals surface area contributed by atoms with Crippen LogP contribution in [0.5, 0.6) is 0 Å². The third-order valence-corrected chi connectivity index (χ3v) is 3.88. The number of unbranched alkanes of at least 4 members (excludes halogenated alkanes) is 5. The largest absolute Gasteiger partial charge is 0.463 e. The average molecular weight is 357 g/mol. The molecular formula is C20H36O5. The van der Waals surface area contributed by atoms with Crippen molar-refractivity contribution in [1.82, 2.24) is 0 Å². The predicted octanol–water partition coefficient (Wildman–Crippen LogP) is 4.58. The van der Waals surface area contributed by atoms with Crippen LogP contribution in [-0.4, -0.2) is 38.4 Å². The van der Waals surface area contributed by atoms with Crippen molar-refractivity contribution in [3.63, 3.8) is 0 Å². The van der Waals surface area contributed by atoms with Crippen molar-refractivity contribution >= 4 is 11.9 Å². The Hall–Kier alpha value is -1.36. The fourth-order valence-electron chi connectivity index (χ4n) is 2.43. The SMILES string of the molecule is CCCCCCC(CCCOC)OC(=O)/C=C/C(=O)OCCCCC. The Morgan fingerprint density at radius 3 is 2.12 bits per heavy atom. The van der Waals surface area contributed by atoms with Crippen LogP contribution in [0, 0.1) is 0 Å². The fourth-order valence-corrected chi connectivity index (χ4v) is 2.43. The molecule has 0 aliphatic carbocycles. The highest BCUT2D eigenvalue weighted by atomic mass is 16.5. The zero-order valence-electron chi connectivity index (χ0n) is 16.3. The summed E-state index contributed by atoms with van der Waals surface area (Å²) < 4.78 is 15.6. The van der Waals surface area contributed by atoms with E-state index in [4.69, 9.17) is 14.2 Å². The van der Waals surface area contributed by atoms with Gasteiger partial charge in [-0.05, 0) is 32.1 Å². The Morgan fingerprint density at radius 2 is 1.44 bits per heavy atom. The van der Waals surface area contributed by atoms with Crippen molar-refractivity contribution in [2.75, 3.05) is 20.3 Å². The van der Waals surface area contributed by atoms with Gasteiger partial charge in [-0.1, -0.05) is 46.0 Å². The molecule has 0 rings (SSSR count). The molecule has 0 fully saturated rings. The second-order valence-corrected chi connectivity index (χ2v) is 6.25. The van der Waals surface area contributed by atoms with E-state index in [0.717, 1.165) is 63.5 Å². The van der Waals surface area contributed by atoms with Gasteiger partial charge in [0, 0.05) is 25.9 Å². The van der Waals surface area contributed by atoms with Gasteiger partial charge in [0.25, 0.3) is 0 Å². The predicted molar refractivity (Wildman–Crippen MR) is 99.4 cm³/mol. The molecule has 0 aromatic rings. The first-order valence-corrected chi connectivity index (χ1v) is 9.68. The standard InChI is InChI=1S/C20H36O5/c1-4-6-8-9-12-18(13-11-16-23-3)25-20(22)15-14-19(21)24-17-10-7-5-2/h14-15,18H,4-13,16-17H2,1-3H3/b15-14+. The molecule has 0 bridgehead atoms. The quantitative estimate of drug-likeness (QED) is 0.230. The minimum absolute atomic E-state index is 0.121. The number of hydrogen-bond acceptors (Lipinski definition) is 5. The Bertz CT molecular complexity index is 365. The van der Waals surface area contributed by atoms with Crippen molar-refractivity contribution < 1.29 is 23.8 Å². The van der Waals surface area contributed by atoms with Gasteiger partial charge in [0.05, 0.1) is 6.61 Å². The molecule has 0 aliphatic rings. The van der Waals surface area contributed by atoms with Gasteiger partial charge < -0.3 is 14.2 Å². The number of rotatable bonds is 16. The molecule has 0 aromatic carbocycles. The zero-order valence-corrected chi connectivity index (χ0v) is 16.3. The summed E-state index contributed by atoms with van der Waals surface area (Å²) >= 11 is 0. The van der Waals surface area contributed by atoms with Crippen molar-refractivity contribution in [1.29, 1.82) is 0 Å². The summed E-state index contributed by atoms with van der Waals surface area (Å²) in [5, 5.41) is 0. The molecule has 5 nitrogen and oxygen atoms in total. The van der Waals surface area contributed by atoms with Crippen LogP contribution < -0.4 is 0 Å². The number of methoxy groups -OCH3 is 1. The fraction of sp³-hybridized carbons (Fsp3) is 0.800. The normalized spacial score (nSPS) is 12.3. The molecule has 5 heteroatoms. The van der Waals surface area contributed by atoms with Gasteiger partial charge in [-0.15, -0.1) is 0 Å². The first-order chi connectivity index (χ1) is 12.1. The van der Waals surface area contributed by atoms with E-state index in [1.807, 2.05) is 0 Å². The molecular weight excluding hydrogens is 320 g/mol. The van der Waals surface area contributed by atoms with E-state index < -0.39 is 11.9 Å². The van der Waals surface area contributed by atoms with Crippen LogP contribution in [0.15, 0.2) is 12.2 Å². The van der Waals surface area contributed by atoms with Crippen LogP contribution in [0.2, 0.25) is 0 Å². The van der Waals surface area contributed by atoms with Gasteiger partial charge in [-0.2, -0.15) is 0 Å². The van der Waals surface area contributed by atoms with Crippen molar-refractivity contribution in [3.8, 4) is 0 Å². The van der Waals surface area contributed by atoms with Crippen LogP contribution in [-0.2, 0) is 23.8 Å². The lowest BCUT2D eigenvalue weighted by Crippen LogP contribution is -2.18. The summed E-state index contributed by atoms with van der Waals surface area (Å²) in [5.41, 5.74) is 0. The Balaban J connectivity index is 4.18. The lowest BCUT2D eigenvalue weighted by Gasteiger charge is -2.16. The van der Waals surface area contributed by atoms with E-state index in [0.29, 0.717) is 13.2 Å². The molecule has 0 aliphatic heterocycles. The molecule has 1 unspecified atom stereocenters. The highest BCUT2D eigenvalue weighted by molar-refractivity contribution is 5.91. The number of esters is 2. The first kappa shape index (κ1) is 23.6. The average Bonchev–Trinajstić information content (AvgIpc) is 2.60. The van der Waals surface area contributed by atoms with Crippen molar-refractivity contribution in [2.45, 2.75) is 84.2 Å². The van der Waals surface area contributed by atoms with Crippen LogP contribution in [0.3, 0.4) is 0 Å². The van der Waals surface area contributed by atoms with Crippen LogP contribution in [0.25, 0.3) is 0 Å². The Morgan fingerprint density at radius 1 is 0.800 bits per heavy atom. The lowest BCUT2D eigenvalue weighted by atomic mass is 10.1. The van der Waals surface area contributed by atoms with E-state index in [9.17, 15) is 9.59 Å². The molecule has 1 atom stereocenters. The summed E-state index contributed by atoms with van der Waals surface area (Å²) in [4.78, 5) is 23.4. The zero-order chi connectivity index (χ0) is 18.8. The molecule has 0 saturated carbocycles. The Labute approximate surface area is 153 Å². The summed E-state index contributed by atoms with van der Waals surface area (Å²) in [6.45, 7) is 5.30. The van der Waals surface area contributed by atoms with Crippen molar-refractivity contribution in [2.24, 2.45) is 0 Å². The number of ether oxygens (including phenoxy) is 3. The molecule has 0 N–H and O–H groups in total. The van der Waals surface area contributed by atoms with Gasteiger partial charge in [0.15, 0.2) is 0 Å². The summed E-state index contributed by atoms with van der Waals surface area (Å²) in [6.07, 6.45) is 12.2. The second-order valence-electron chi connectivity index (χ2n) is 6.25. The maximum absolute atomic E-state index is 11.9. The van der Waals surface area contributed by atoms with E-state index >= 15 is 0 Å².